The van der Waals surface area contributed by atoms with E-state index < -0.39 is 0 Å². The lowest BCUT2D eigenvalue weighted by molar-refractivity contribution is 0.373. The molecule has 5 nitrogen and oxygen atoms in total. The SMILES string of the molecule is COc1cc(C#N)ccc1Oc1ncccc1C#N. The predicted octanol–water partition coefficient (Wildman–Crippen LogP) is 2.63. The maximum Gasteiger partial charge on any atom is 0.237 e. The van der Waals surface area contributed by atoms with Crippen LogP contribution in [0.2, 0.25) is 0 Å². The van der Waals surface area contributed by atoms with Gasteiger partial charge in [-0.15, -0.1) is 0 Å². The molecule has 0 aliphatic carbocycles. The standard InChI is InChI=1S/C14H9N3O2/c1-18-13-7-10(8-15)4-5-12(13)19-14-11(9-16)3-2-6-17-14/h2-7H,1H3. The van der Waals surface area contributed by atoms with E-state index in [1.165, 1.54) is 13.3 Å². The molecule has 0 aliphatic rings. The van der Waals surface area contributed by atoms with Crippen LogP contribution in [0.4, 0.5) is 0 Å². The second-order valence-electron chi connectivity index (χ2n) is 3.55. The fourth-order valence-corrected chi connectivity index (χ4v) is 1.48. The molecule has 92 valence electrons. The van der Waals surface area contributed by atoms with Gasteiger partial charge in [0.25, 0.3) is 0 Å². The molecule has 0 atom stereocenters. The van der Waals surface area contributed by atoms with Gasteiger partial charge in [-0.25, -0.2) is 4.98 Å². The summed E-state index contributed by atoms with van der Waals surface area (Å²) in [5, 5.41) is 17.8. The first-order valence-corrected chi connectivity index (χ1v) is 5.39. The van der Waals surface area contributed by atoms with Crippen LogP contribution >= 0.6 is 0 Å². The van der Waals surface area contributed by atoms with Crippen molar-refractivity contribution in [1.29, 1.82) is 10.5 Å². The van der Waals surface area contributed by atoms with Crippen molar-refractivity contribution in [3.05, 3.63) is 47.7 Å². The van der Waals surface area contributed by atoms with Crippen LogP contribution in [0.15, 0.2) is 36.5 Å². The van der Waals surface area contributed by atoms with Crippen LogP contribution in [0.1, 0.15) is 11.1 Å². The molecule has 1 aromatic carbocycles. The molecule has 0 fully saturated rings. The number of nitrogens with zero attached hydrogens (tertiary/aromatic N) is 3. The van der Waals surface area contributed by atoms with Crippen LogP contribution < -0.4 is 9.47 Å². The van der Waals surface area contributed by atoms with Crippen molar-refractivity contribution in [2.45, 2.75) is 0 Å². The van der Waals surface area contributed by atoms with Gasteiger partial charge in [0.1, 0.15) is 11.6 Å². The van der Waals surface area contributed by atoms with Crippen LogP contribution in [-0.2, 0) is 0 Å². The molecule has 0 radical (unpaired) electrons. The summed E-state index contributed by atoms with van der Waals surface area (Å²) in [6.07, 6.45) is 1.53. The van der Waals surface area contributed by atoms with E-state index in [4.69, 9.17) is 20.0 Å². The summed E-state index contributed by atoms with van der Waals surface area (Å²) < 4.78 is 10.7. The number of aromatic nitrogens is 1. The summed E-state index contributed by atoms with van der Waals surface area (Å²) in [7, 11) is 1.48. The molecular formula is C14H9N3O2. The van der Waals surface area contributed by atoms with Gasteiger partial charge in [-0.3, -0.25) is 0 Å². The quantitative estimate of drug-likeness (QED) is 0.837. The summed E-state index contributed by atoms with van der Waals surface area (Å²) in [5.74, 6) is 1.01. The van der Waals surface area contributed by atoms with Gasteiger partial charge in [0.15, 0.2) is 11.5 Å². The van der Waals surface area contributed by atoms with Gasteiger partial charge in [-0.2, -0.15) is 10.5 Å². The molecule has 1 aromatic heterocycles. The monoisotopic (exact) mass is 251 g/mol. The van der Waals surface area contributed by atoms with Crippen molar-refractivity contribution in [2.24, 2.45) is 0 Å². The highest BCUT2D eigenvalue weighted by Gasteiger charge is 2.10. The number of nitriles is 2. The van der Waals surface area contributed by atoms with Gasteiger partial charge in [0, 0.05) is 12.3 Å². The minimum atomic E-state index is 0.202. The number of methoxy groups -OCH3 is 1. The first-order valence-electron chi connectivity index (χ1n) is 5.39. The Balaban J connectivity index is 2.39. The molecule has 0 unspecified atom stereocenters. The second-order valence-corrected chi connectivity index (χ2v) is 3.55. The average molecular weight is 251 g/mol. The largest absolute Gasteiger partial charge is 0.493 e. The highest BCUT2D eigenvalue weighted by Crippen LogP contribution is 2.32. The van der Waals surface area contributed by atoms with E-state index in [2.05, 4.69) is 4.98 Å². The normalized spacial score (nSPS) is 9.21. The maximum absolute atomic E-state index is 8.96. The van der Waals surface area contributed by atoms with E-state index >= 15 is 0 Å². The maximum atomic E-state index is 8.96. The number of hydrogen-bond acceptors (Lipinski definition) is 5. The summed E-state index contributed by atoms with van der Waals surface area (Å²) in [4.78, 5) is 4.00. The summed E-state index contributed by atoms with van der Waals surface area (Å²) in [6, 6.07) is 12.0. The van der Waals surface area contributed by atoms with Crippen LogP contribution in [0.3, 0.4) is 0 Å². The highest BCUT2D eigenvalue weighted by molar-refractivity contribution is 5.49. The van der Waals surface area contributed by atoms with Gasteiger partial charge in [-0.1, -0.05) is 0 Å². The Morgan fingerprint density at radius 3 is 2.63 bits per heavy atom. The van der Waals surface area contributed by atoms with Crippen molar-refractivity contribution in [3.63, 3.8) is 0 Å². The fourth-order valence-electron chi connectivity index (χ4n) is 1.48. The van der Waals surface area contributed by atoms with E-state index in [9.17, 15) is 0 Å². The number of rotatable bonds is 3. The van der Waals surface area contributed by atoms with Gasteiger partial charge in [0.05, 0.1) is 18.7 Å². The molecule has 0 saturated carbocycles. The van der Waals surface area contributed by atoms with E-state index in [-0.39, 0.29) is 5.88 Å². The van der Waals surface area contributed by atoms with Crippen LogP contribution in [0.5, 0.6) is 17.4 Å². The van der Waals surface area contributed by atoms with Gasteiger partial charge < -0.3 is 9.47 Å². The van der Waals surface area contributed by atoms with Crippen molar-refractivity contribution in [2.75, 3.05) is 7.11 Å². The van der Waals surface area contributed by atoms with E-state index in [0.29, 0.717) is 22.6 Å². The van der Waals surface area contributed by atoms with E-state index in [1.807, 2.05) is 12.1 Å². The minimum Gasteiger partial charge on any atom is -0.493 e. The molecule has 5 heteroatoms. The molecule has 0 N–H and O–H groups in total. The molecule has 19 heavy (non-hydrogen) atoms. The summed E-state index contributed by atoms with van der Waals surface area (Å²) in [5.41, 5.74) is 0.791. The Morgan fingerprint density at radius 2 is 1.95 bits per heavy atom. The average Bonchev–Trinajstić information content (AvgIpc) is 2.48. The molecule has 0 bridgehead atoms. The smallest absolute Gasteiger partial charge is 0.237 e. The lowest BCUT2D eigenvalue weighted by atomic mass is 10.2. The number of pyridine rings is 1. The molecule has 1 heterocycles. The molecule has 2 rings (SSSR count). The number of benzene rings is 1. The van der Waals surface area contributed by atoms with Gasteiger partial charge in [0.2, 0.25) is 5.88 Å². The fraction of sp³-hybridized carbons (Fsp3) is 0.0714. The highest BCUT2D eigenvalue weighted by atomic mass is 16.5. The van der Waals surface area contributed by atoms with Crippen molar-refractivity contribution < 1.29 is 9.47 Å². The van der Waals surface area contributed by atoms with Crippen LogP contribution in [0.25, 0.3) is 0 Å². The third kappa shape index (κ3) is 2.62. The topological polar surface area (TPSA) is 78.9 Å². The molecular weight excluding hydrogens is 242 g/mol. The molecule has 2 aromatic rings. The summed E-state index contributed by atoms with van der Waals surface area (Å²) >= 11 is 0. The van der Waals surface area contributed by atoms with Gasteiger partial charge >= 0.3 is 0 Å². The van der Waals surface area contributed by atoms with Crippen molar-refractivity contribution in [3.8, 4) is 29.5 Å². The first-order chi connectivity index (χ1) is 9.28. The molecule has 0 saturated heterocycles. The Morgan fingerprint density at radius 1 is 1.11 bits per heavy atom. The van der Waals surface area contributed by atoms with E-state index in [1.54, 1.807) is 30.3 Å². The molecule has 0 amide bonds. The van der Waals surface area contributed by atoms with Crippen molar-refractivity contribution in [1.82, 2.24) is 4.98 Å². The predicted molar refractivity (Wildman–Crippen MR) is 66.7 cm³/mol. The third-order valence-electron chi connectivity index (χ3n) is 2.39. The Labute approximate surface area is 110 Å². The Bertz CT molecular complexity index is 684. The zero-order valence-corrected chi connectivity index (χ0v) is 10.1. The first kappa shape index (κ1) is 12.4. The zero-order valence-electron chi connectivity index (χ0n) is 10.1. The number of hydrogen-bond donors (Lipinski definition) is 0. The molecule has 0 spiro atoms. The Hall–Kier alpha value is -3.05. The van der Waals surface area contributed by atoms with Crippen LogP contribution in [0, 0.1) is 22.7 Å². The van der Waals surface area contributed by atoms with Crippen LogP contribution in [-0.4, -0.2) is 12.1 Å². The lowest BCUT2D eigenvalue weighted by Gasteiger charge is -2.10. The minimum absolute atomic E-state index is 0.202. The number of ether oxygens (including phenoxy) is 2. The van der Waals surface area contributed by atoms with E-state index in [0.717, 1.165) is 0 Å². The summed E-state index contributed by atoms with van der Waals surface area (Å²) in [6.45, 7) is 0. The zero-order chi connectivity index (χ0) is 13.7. The lowest BCUT2D eigenvalue weighted by Crippen LogP contribution is -1.94. The molecule has 0 aliphatic heterocycles. The van der Waals surface area contributed by atoms with Gasteiger partial charge in [-0.05, 0) is 24.3 Å². The third-order valence-corrected chi connectivity index (χ3v) is 2.39. The second kappa shape index (κ2) is 5.52. The van der Waals surface area contributed by atoms with Crippen molar-refractivity contribution >= 4 is 0 Å². The Kier molecular flexibility index (Phi) is 3.61.